The molecule has 8 nitrogen and oxygen atoms in total. The van der Waals surface area contributed by atoms with Crippen LogP contribution >= 0.6 is 7.82 Å². The largest absolute Gasteiger partial charge is 0.472 e. The number of ether oxygens (including phenoxy) is 1. The summed E-state index contributed by atoms with van der Waals surface area (Å²) in [4.78, 5) is 22.1. The quantitative estimate of drug-likeness (QED) is 0.0283. The van der Waals surface area contributed by atoms with Gasteiger partial charge >= 0.3 is 13.8 Å². The molecular weight excluding hydrogens is 637 g/mol. The van der Waals surface area contributed by atoms with Gasteiger partial charge < -0.3 is 19.2 Å². The van der Waals surface area contributed by atoms with Gasteiger partial charge in [0.25, 0.3) is 0 Å². The van der Waals surface area contributed by atoms with Crippen molar-refractivity contribution in [1.29, 1.82) is 0 Å². The number of esters is 1. The van der Waals surface area contributed by atoms with Crippen LogP contribution in [0.3, 0.4) is 0 Å². The van der Waals surface area contributed by atoms with Crippen molar-refractivity contribution in [2.45, 2.75) is 200 Å². The second-order valence-electron chi connectivity index (χ2n) is 15.7. The number of nitrogens with zero attached hydrogens (tertiary/aromatic N) is 1. The summed E-state index contributed by atoms with van der Waals surface area (Å²) < 4.78 is 27.8. The van der Waals surface area contributed by atoms with Crippen molar-refractivity contribution in [1.82, 2.24) is 0 Å². The summed E-state index contributed by atoms with van der Waals surface area (Å²) in [6.07, 6.45) is 35.4. The smallest absolute Gasteiger partial charge is 0.457 e. The Hall–Kier alpha value is -0.500. The molecule has 0 aliphatic rings. The Bertz CT molecular complexity index is 776. The highest BCUT2D eigenvalue weighted by Gasteiger charge is 2.25. The van der Waals surface area contributed by atoms with Gasteiger partial charge in [-0.3, -0.25) is 13.8 Å². The lowest BCUT2D eigenvalue weighted by molar-refractivity contribution is -0.870. The SMILES string of the molecule is CCCCCCCCCCCCCCCCC(CCCCCC)CCCCCCCCC(=O)O[C@H](CO)COP(=O)(O)OCC[N+](C)(C)C. The molecule has 0 saturated heterocycles. The van der Waals surface area contributed by atoms with Crippen molar-refractivity contribution in [2.75, 3.05) is 47.5 Å². The molecule has 0 aromatic heterocycles. The van der Waals surface area contributed by atoms with Gasteiger partial charge in [0.1, 0.15) is 19.3 Å². The van der Waals surface area contributed by atoms with Crippen molar-refractivity contribution in [3.05, 3.63) is 0 Å². The van der Waals surface area contributed by atoms with Gasteiger partial charge in [-0.2, -0.15) is 0 Å². The van der Waals surface area contributed by atoms with Gasteiger partial charge in [-0.1, -0.05) is 181 Å². The number of carbonyl (C=O) groups excluding carboxylic acids is 1. The first-order valence-corrected chi connectivity index (χ1v) is 22.2. The molecule has 0 aromatic carbocycles. The summed E-state index contributed by atoms with van der Waals surface area (Å²) in [7, 11) is 1.56. The van der Waals surface area contributed by atoms with Gasteiger partial charge in [-0.25, -0.2) is 4.57 Å². The van der Waals surface area contributed by atoms with Crippen molar-refractivity contribution in [3.8, 4) is 0 Å². The third-order valence-electron chi connectivity index (χ3n) is 9.62. The molecule has 0 amide bonds. The van der Waals surface area contributed by atoms with Crippen LogP contribution in [0.1, 0.15) is 194 Å². The first-order valence-electron chi connectivity index (χ1n) is 20.8. The van der Waals surface area contributed by atoms with E-state index in [-0.39, 0.29) is 19.6 Å². The molecule has 3 atom stereocenters. The Labute approximate surface area is 304 Å². The zero-order valence-electron chi connectivity index (χ0n) is 33.1. The molecule has 0 saturated carbocycles. The van der Waals surface area contributed by atoms with Crippen molar-refractivity contribution in [2.24, 2.45) is 5.92 Å². The van der Waals surface area contributed by atoms with Crippen LogP contribution in [-0.2, 0) is 23.1 Å². The predicted molar refractivity (Wildman–Crippen MR) is 206 cm³/mol. The maximum absolute atomic E-state index is 12.2. The van der Waals surface area contributed by atoms with Crippen molar-refractivity contribution >= 4 is 13.8 Å². The lowest BCUT2D eigenvalue weighted by Crippen LogP contribution is -2.37. The summed E-state index contributed by atoms with van der Waals surface area (Å²) in [5.41, 5.74) is 0. The second kappa shape index (κ2) is 33.3. The number of carbonyl (C=O) groups is 1. The highest BCUT2D eigenvalue weighted by molar-refractivity contribution is 7.47. The number of hydrogen-bond donors (Lipinski definition) is 2. The third kappa shape index (κ3) is 35.7. The van der Waals surface area contributed by atoms with Gasteiger partial charge in [0.15, 0.2) is 0 Å². The minimum absolute atomic E-state index is 0.0556. The van der Waals surface area contributed by atoms with Gasteiger partial charge in [-0.15, -0.1) is 0 Å². The Morgan fingerprint density at radius 2 is 1.00 bits per heavy atom. The number of likely N-dealkylation sites (N-methyl/N-ethyl adjacent to an activating group) is 1. The third-order valence-corrected chi connectivity index (χ3v) is 10.6. The number of rotatable bonds is 38. The van der Waals surface area contributed by atoms with E-state index in [0.717, 1.165) is 25.2 Å². The zero-order chi connectivity index (χ0) is 36.5. The van der Waals surface area contributed by atoms with E-state index in [1.54, 1.807) is 0 Å². The molecule has 0 fully saturated rings. The summed E-state index contributed by atoms with van der Waals surface area (Å²) >= 11 is 0. The van der Waals surface area contributed by atoms with E-state index in [1.807, 2.05) is 21.1 Å². The van der Waals surface area contributed by atoms with E-state index in [2.05, 4.69) is 13.8 Å². The standard InChI is InChI=1S/C40H82NO7P/c1-6-8-10-12-13-14-15-16-17-18-19-20-23-27-31-38(30-26-11-9-7-2)32-28-24-21-22-25-29-33-40(43)48-39(36-42)37-47-49(44,45)46-35-34-41(3,4)5/h38-39,42H,6-37H2,1-5H3/p+1/t38?,39-/m1/s1. The molecule has 294 valence electrons. The maximum Gasteiger partial charge on any atom is 0.472 e. The van der Waals surface area contributed by atoms with Crippen LogP contribution < -0.4 is 0 Å². The van der Waals surface area contributed by atoms with Crippen LogP contribution in [0, 0.1) is 5.92 Å². The number of phosphoric acid groups is 1. The van der Waals surface area contributed by atoms with Crippen LogP contribution in [0.4, 0.5) is 0 Å². The molecule has 0 bridgehead atoms. The fourth-order valence-electron chi connectivity index (χ4n) is 6.34. The Morgan fingerprint density at radius 1 is 0.612 bits per heavy atom. The summed E-state index contributed by atoms with van der Waals surface area (Å²) in [5.74, 6) is 0.470. The monoisotopic (exact) mass is 721 g/mol. The molecule has 2 N–H and O–H groups in total. The maximum atomic E-state index is 12.2. The van der Waals surface area contributed by atoms with Crippen molar-refractivity contribution < 1.29 is 37.6 Å². The Morgan fingerprint density at radius 3 is 1.41 bits per heavy atom. The molecule has 0 radical (unpaired) electrons. The van der Waals surface area contributed by atoms with Gasteiger partial charge in [0, 0.05) is 6.42 Å². The zero-order valence-corrected chi connectivity index (χ0v) is 34.0. The highest BCUT2D eigenvalue weighted by atomic mass is 31.2. The molecule has 0 heterocycles. The van der Waals surface area contributed by atoms with E-state index in [0.29, 0.717) is 11.0 Å². The highest BCUT2D eigenvalue weighted by Crippen LogP contribution is 2.43. The lowest BCUT2D eigenvalue weighted by Gasteiger charge is -2.24. The number of phosphoric ester groups is 1. The molecule has 0 aromatic rings. The molecule has 0 aliphatic heterocycles. The van der Waals surface area contributed by atoms with E-state index in [1.165, 1.54) is 154 Å². The van der Waals surface area contributed by atoms with Crippen LogP contribution in [0.5, 0.6) is 0 Å². The Kier molecular flexibility index (Phi) is 33.0. The number of hydrogen-bond acceptors (Lipinski definition) is 6. The lowest BCUT2D eigenvalue weighted by atomic mass is 9.89. The fraction of sp³-hybridized carbons (Fsp3) is 0.975. The average Bonchev–Trinajstić information content (AvgIpc) is 3.05. The fourth-order valence-corrected chi connectivity index (χ4v) is 7.08. The topological polar surface area (TPSA) is 102 Å². The normalized spacial score (nSPS) is 14.5. The van der Waals surface area contributed by atoms with Crippen molar-refractivity contribution in [3.63, 3.8) is 0 Å². The van der Waals surface area contributed by atoms with Gasteiger partial charge in [-0.05, 0) is 12.3 Å². The van der Waals surface area contributed by atoms with Crippen LogP contribution in [0.2, 0.25) is 0 Å². The molecule has 49 heavy (non-hydrogen) atoms. The average molecular weight is 721 g/mol. The summed E-state index contributed by atoms with van der Waals surface area (Å²) in [6, 6.07) is 0. The Balaban J connectivity index is 4.00. The van der Waals surface area contributed by atoms with Crippen LogP contribution in [-0.4, -0.2) is 74.1 Å². The number of aliphatic hydroxyl groups is 1. The van der Waals surface area contributed by atoms with E-state index in [9.17, 15) is 19.4 Å². The van der Waals surface area contributed by atoms with E-state index >= 15 is 0 Å². The number of unbranched alkanes of at least 4 members (excludes halogenated alkanes) is 21. The molecule has 0 spiro atoms. The molecule has 2 unspecified atom stereocenters. The first-order chi connectivity index (χ1) is 23.5. The van der Waals surface area contributed by atoms with Gasteiger partial charge in [0.05, 0.1) is 34.4 Å². The molecular formula is C40H83NO7P+. The van der Waals surface area contributed by atoms with E-state index < -0.39 is 26.5 Å². The second-order valence-corrected chi connectivity index (χ2v) is 17.1. The van der Waals surface area contributed by atoms with Crippen LogP contribution in [0.15, 0.2) is 0 Å². The summed E-state index contributed by atoms with van der Waals surface area (Å²) in [6.45, 7) is 4.30. The molecule has 9 heteroatoms. The van der Waals surface area contributed by atoms with Gasteiger partial charge in [0.2, 0.25) is 0 Å². The first kappa shape index (κ1) is 48.5. The number of aliphatic hydroxyl groups excluding tert-OH is 1. The number of quaternary nitrogens is 1. The minimum atomic E-state index is -4.28. The van der Waals surface area contributed by atoms with Crippen LogP contribution in [0.25, 0.3) is 0 Å². The predicted octanol–water partition coefficient (Wildman–Crippen LogP) is 11.3. The summed E-state index contributed by atoms with van der Waals surface area (Å²) in [5, 5.41) is 9.53. The van der Waals surface area contributed by atoms with E-state index in [4.69, 9.17) is 13.8 Å². The molecule has 0 rings (SSSR count). The minimum Gasteiger partial charge on any atom is -0.457 e. The molecule has 0 aliphatic carbocycles.